The average Bonchev–Trinajstić information content (AvgIpc) is 3.73. The van der Waals surface area contributed by atoms with Gasteiger partial charge in [0.05, 0.1) is 12.5 Å². The van der Waals surface area contributed by atoms with Gasteiger partial charge in [0, 0.05) is 59.9 Å². The van der Waals surface area contributed by atoms with Crippen LogP contribution in [0.5, 0.6) is 0 Å². The zero-order valence-electron chi connectivity index (χ0n) is 49.1. The van der Waals surface area contributed by atoms with Gasteiger partial charge in [0.1, 0.15) is 5.58 Å². The molecule has 331 valence electrons. The largest absolute Gasteiger partial charge is 0.500 e. The Morgan fingerprint density at radius 3 is 2.22 bits per heavy atom. The molecule has 0 amide bonds. The van der Waals surface area contributed by atoms with E-state index in [-0.39, 0.29) is 87.4 Å². The van der Waals surface area contributed by atoms with Crippen LogP contribution in [0.2, 0.25) is 0 Å². The molecule has 64 heavy (non-hydrogen) atoms. The molecule has 8 aromatic rings. The molecule has 0 saturated heterocycles. The minimum atomic E-state index is -4.69. The molecule has 1 fully saturated rings. The molecule has 0 N–H and O–H groups in total. The Morgan fingerprint density at radius 1 is 0.812 bits per heavy atom. The van der Waals surface area contributed by atoms with Gasteiger partial charge in [0.2, 0.25) is 0 Å². The van der Waals surface area contributed by atoms with E-state index in [4.69, 9.17) is 20.9 Å². The van der Waals surface area contributed by atoms with E-state index in [1.54, 1.807) is 66.7 Å². The fraction of sp³-hybridized carbons (Fsp3) is 0.298. The molecular formula is C57H55F3IrN2O-2. The normalized spacial score (nSPS) is 18.5. The van der Waals surface area contributed by atoms with Crippen molar-refractivity contribution in [3.8, 4) is 44.8 Å². The number of hydrogen-bond acceptors (Lipinski definition) is 3. The Hall–Kier alpha value is -5.36. The van der Waals surface area contributed by atoms with Crippen molar-refractivity contribution in [2.24, 2.45) is 10.8 Å². The summed E-state index contributed by atoms with van der Waals surface area (Å²) >= 11 is 0. The second-order valence-electron chi connectivity index (χ2n) is 17.8. The molecule has 1 aliphatic rings. The van der Waals surface area contributed by atoms with Crippen LogP contribution in [-0.4, -0.2) is 9.97 Å². The number of furan rings is 1. The molecule has 0 unspecified atom stereocenters. The van der Waals surface area contributed by atoms with E-state index in [0.717, 1.165) is 25.1 Å². The summed E-state index contributed by atoms with van der Waals surface area (Å²) in [4.78, 5) is 8.74. The second kappa shape index (κ2) is 18.6. The molecule has 7 heteroatoms. The fourth-order valence-electron chi connectivity index (χ4n) is 8.01. The van der Waals surface area contributed by atoms with Gasteiger partial charge in [-0.05, 0) is 119 Å². The van der Waals surface area contributed by atoms with E-state index < -0.39 is 50.0 Å². The molecule has 1 saturated carbocycles. The topological polar surface area (TPSA) is 38.9 Å². The summed E-state index contributed by atoms with van der Waals surface area (Å²) in [6.07, 6.45) is -1.08. The SMILES string of the molecule is [2H]C([2H])([2H])c1c[c-]c(-c2ccc(C([2H])([2H])C(C)(C)C)cn2)cc1.[2H]c1cc(C2([2H])CCC(C)(C)CC2)cc(C([2H])([2H])[2H])c1-c1cc(-c2[c-]ccc3c2oc2c(-c4ccccc4)c(C(F)(F)F)ccc23)ncc1C([2H])([2H])[2H].[Ir]. The molecule has 3 nitrogen and oxygen atoms in total. The summed E-state index contributed by atoms with van der Waals surface area (Å²) in [5, 5.41) is 0.874. The Morgan fingerprint density at radius 2 is 1.56 bits per heavy atom. The number of nitrogens with zero attached hydrogens (tertiary/aromatic N) is 2. The van der Waals surface area contributed by atoms with Gasteiger partial charge < -0.3 is 14.4 Å². The average molecular weight is 1050 g/mol. The molecule has 3 heterocycles. The molecule has 1 radical (unpaired) electrons. The van der Waals surface area contributed by atoms with Gasteiger partial charge >= 0.3 is 6.18 Å². The van der Waals surface area contributed by atoms with Gasteiger partial charge in [-0.2, -0.15) is 13.2 Å². The van der Waals surface area contributed by atoms with Crippen LogP contribution in [0.15, 0.2) is 126 Å². The quantitative estimate of drug-likeness (QED) is 0.156. The van der Waals surface area contributed by atoms with E-state index in [9.17, 15) is 14.5 Å². The molecule has 0 aliphatic heterocycles. The van der Waals surface area contributed by atoms with Crippen molar-refractivity contribution in [2.75, 3.05) is 0 Å². The number of rotatable bonds is 6. The third-order valence-corrected chi connectivity index (χ3v) is 11.3. The van der Waals surface area contributed by atoms with Crippen LogP contribution < -0.4 is 0 Å². The Bertz CT molecular complexity index is 3430. The standard InChI is InChI=1S/C40H35F3NO.C17H20N.Ir/c1-24-21-28(26-17-19-39(3,4)20-18-26)13-14-29(24)33-22-35(44-23-25(33)2)32-12-8-11-30-31-15-16-34(40(41,42)43)36(38(31)45-37(30)32)27-9-6-5-7-10-27;1-13-5-8-15(9-6-13)16-10-7-14(12-18-16)11-17(2,3)4;/h5-11,13-16,21-23,26H,17-20H2,1-4H3;5-8,10,12H,11H2,1-4H3;/q2*-1;/i1D3,2D3,14D,26D;1D3,11D2;. The van der Waals surface area contributed by atoms with Crippen molar-refractivity contribution in [1.82, 2.24) is 9.97 Å². The van der Waals surface area contributed by atoms with Crippen LogP contribution in [0.1, 0.15) is 117 Å². The summed E-state index contributed by atoms with van der Waals surface area (Å²) in [6.45, 7) is 2.11. The van der Waals surface area contributed by atoms with Crippen molar-refractivity contribution in [3.05, 3.63) is 167 Å². The first-order valence-corrected chi connectivity index (χ1v) is 20.8. The Kier molecular flexibility index (Phi) is 9.41. The third-order valence-electron chi connectivity index (χ3n) is 11.3. The van der Waals surface area contributed by atoms with E-state index in [1.807, 2.05) is 20.8 Å². The zero-order valence-corrected chi connectivity index (χ0v) is 38.5. The number of halogens is 3. The van der Waals surface area contributed by atoms with Crippen LogP contribution in [0.25, 0.3) is 66.7 Å². The molecular weight excluding hydrogens is 978 g/mol. The van der Waals surface area contributed by atoms with Crippen molar-refractivity contribution in [1.29, 1.82) is 0 Å². The van der Waals surface area contributed by atoms with Crippen molar-refractivity contribution < 1.29 is 55.5 Å². The molecule has 3 aromatic heterocycles. The van der Waals surface area contributed by atoms with Crippen LogP contribution in [0.4, 0.5) is 13.2 Å². The number of aromatic nitrogens is 2. The van der Waals surface area contributed by atoms with Crippen molar-refractivity contribution in [2.45, 2.75) is 99.3 Å². The van der Waals surface area contributed by atoms with Gasteiger partial charge in [-0.15, -0.1) is 53.6 Å². The number of benzene rings is 5. The molecule has 0 atom stereocenters. The van der Waals surface area contributed by atoms with E-state index in [1.165, 1.54) is 36.5 Å². The first-order valence-electron chi connectivity index (χ1n) is 27.3. The van der Waals surface area contributed by atoms with Gasteiger partial charge in [0.15, 0.2) is 0 Å². The molecule has 0 bridgehead atoms. The van der Waals surface area contributed by atoms with Gasteiger partial charge in [-0.25, -0.2) is 0 Å². The summed E-state index contributed by atoms with van der Waals surface area (Å²) in [7, 11) is 0. The van der Waals surface area contributed by atoms with E-state index in [2.05, 4.69) is 35.9 Å². The van der Waals surface area contributed by atoms with Crippen LogP contribution in [0, 0.1) is 43.5 Å². The second-order valence-corrected chi connectivity index (χ2v) is 17.8. The first-order chi connectivity index (χ1) is 35.1. The maximum atomic E-state index is 14.4. The van der Waals surface area contributed by atoms with E-state index >= 15 is 0 Å². The number of aryl methyl sites for hydroxylation is 3. The summed E-state index contributed by atoms with van der Waals surface area (Å²) < 4.78 is 157. The van der Waals surface area contributed by atoms with E-state index in [0.29, 0.717) is 51.6 Å². The fourth-order valence-corrected chi connectivity index (χ4v) is 8.01. The monoisotopic (exact) mass is 1050 g/mol. The smallest absolute Gasteiger partial charge is 0.417 e. The Labute approximate surface area is 408 Å². The predicted octanol–water partition coefficient (Wildman–Crippen LogP) is 16.5. The number of fused-ring (bicyclic) bond motifs is 3. The molecule has 5 aromatic carbocycles. The minimum absolute atomic E-state index is 0. The van der Waals surface area contributed by atoms with Crippen molar-refractivity contribution in [3.63, 3.8) is 0 Å². The molecule has 1 aliphatic carbocycles. The summed E-state index contributed by atoms with van der Waals surface area (Å²) in [5.74, 6) is -1.11. The maximum absolute atomic E-state index is 14.4. The number of hydrogen-bond donors (Lipinski definition) is 0. The van der Waals surface area contributed by atoms with Crippen LogP contribution in [-0.2, 0) is 32.7 Å². The minimum Gasteiger partial charge on any atom is -0.500 e. The number of pyridine rings is 2. The Balaban J connectivity index is 0.000000301. The van der Waals surface area contributed by atoms with Crippen LogP contribution >= 0.6 is 0 Å². The van der Waals surface area contributed by atoms with Crippen molar-refractivity contribution >= 4 is 21.9 Å². The first kappa shape index (κ1) is 32.3. The van der Waals surface area contributed by atoms with Gasteiger partial charge in [0.25, 0.3) is 0 Å². The summed E-state index contributed by atoms with van der Waals surface area (Å²) in [5.41, 5.74) is 0.979. The van der Waals surface area contributed by atoms with Crippen LogP contribution in [0.3, 0.4) is 0 Å². The maximum Gasteiger partial charge on any atom is 0.417 e. The van der Waals surface area contributed by atoms with Gasteiger partial charge in [-0.3, -0.25) is 0 Å². The zero-order chi connectivity index (χ0) is 55.8. The summed E-state index contributed by atoms with van der Waals surface area (Å²) in [6, 6.07) is 31.8. The third kappa shape index (κ3) is 10.3. The molecule has 0 spiro atoms. The predicted molar refractivity (Wildman–Crippen MR) is 253 cm³/mol. The van der Waals surface area contributed by atoms with Gasteiger partial charge in [-0.1, -0.05) is 125 Å². The number of alkyl halides is 3. The molecule has 9 rings (SSSR count).